The highest BCUT2D eigenvalue weighted by atomic mass is 35.5. The second kappa shape index (κ2) is 6.08. The van der Waals surface area contributed by atoms with Crippen molar-refractivity contribution in [3.8, 4) is 0 Å². The summed E-state index contributed by atoms with van der Waals surface area (Å²) in [4.78, 5) is 3.04. The second-order valence-electron chi connectivity index (χ2n) is 4.93. The van der Waals surface area contributed by atoms with Gasteiger partial charge in [-0.1, -0.05) is 12.1 Å². The van der Waals surface area contributed by atoms with Gasteiger partial charge in [-0.25, -0.2) is 4.39 Å². The molecule has 0 amide bonds. The minimum atomic E-state index is -0.0901. The summed E-state index contributed by atoms with van der Waals surface area (Å²) in [5.41, 5.74) is 8.69. The zero-order valence-corrected chi connectivity index (χ0v) is 12.6. The van der Waals surface area contributed by atoms with Gasteiger partial charge in [0.25, 0.3) is 0 Å². The van der Waals surface area contributed by atoms with Crippen molar-refractivity contribution < 1.29 is 4.39 Å². The van der Waals surface area contributed by atoms with Crippen molar-refractivity contribution in [1.29, 1.82) is 0 Å². The number of fused-ring (bicyclic) bond motifs is 1. The first-order valence-corrected chi connectivity index (χ1v) is 6.86. The standard InChI is InChI=1S/C14H16FN3S.ClH/c15-13-3-1-2-9-6-10(4-5-12(9)13)18-11(7-16)8-17-14(18)19;/h1-3,8,10H,4-7,16H2,(H,17,19);1H/t10-;/m0./s1. The molecule has 0 unspecified atom stereocenters. The molecule has 1 aromatic carbocycles. The Kier molecular flexibility index (Phi) is 4.62. The molecule has 1 aromatic heterocycles. The van der Waals surface area contributed by atoms with Crippen LogP contribution in [0, 0.1) is 10.6 Å². The number of hydrogen-bond acceptors (Lipinski definition) is 2. The topological polar surface area (TPSA) is 46.7 Å². The first-order chi connectivity index (χ1) is 9.20. The number of hydrogen-bond donors (Lipinski definition) is 2. The Morgan fingerprint density at radius 2 is 2.25 bits per heavy atom. The monoisotopic (exact) mass is 313 g/mol. The number of nitrogens with one attached hydrogen (secondary N) is 1. The molecule has 3 rings (SSSR count). The maximum atomic E-state index is 13.7. The average Bonchev–Trinajstić information content (AvgIpc) is 2.80. The molecule has 0 bridgehead atoms. The fourth-order valence-electron chi connectivity index (χ4n) is 2.93. The van der Waals surface area contributed by atoms with Crippen LogP contribution in [-0.4, -0.2) is 9.55 Å². The molecule has 3 nitrogen and oxygen atoms in total. The van der Waals surface area contributed by atoms with E-state index in [4.69, 9.17) is 18.0 Å². The van der Waals surface area contributed by atoms with E-state index in [-0.39, 0.29) is 24.3 Å². The summed E-state index contributed by atoms with van der Waals surface area (Å²) in [6.07, 6.45) is 4.33. The van der Waals surface area contributed by atoms with E-state index >= 15 is 0 Å². The van der Waals surface area contributed by atoms with Crippen LogP contribution in [-0.2, 0) is 19.4 Å². The molecule has 6 heteroatoms. The fourth-order valence-corrected chi connectivity index (χ4v) is 3.26. The molecule has 1 aliphatic rings. The molecule has 1 aliphatic carbocycles. The van der Waals surface area contributed by atoms with Gasteiger partial charge in [0.1, 0.15) is 5.82 Å². The van der Waals surface area contributed by atoms with E-state index in [2.05, 4.69) is 9.55 Å². The lowest BCUT2D eigenvalue weighted by atomic mass is 9.87. The first-order valence-electron chi connectivity index (χ1n) is 6.46. The van der Waals surface area contributed by atoms with Gasteiger partial charge in [-0.15, -0.1) is 12.4 Å². The molecule has 0 aliphatic heterocycles. The maximum Gasteiger partial charge on any atom is 0.177 e. The van der Waals surface area contributed by atoms with Gasteiger partial charge < -0.3 is 15.3 Å². The van der Waals surface area contributed by atoms with E-state index < -0.39 is 0 Å². The summed E-state index contributed by atoms with van der Waals surface area (Å²) in [7, 11) is 0. The second-order valence-corrected chi connectivity index (χ2v) is 5.32. The van der Waals surface area contributed by atoms with Crippen LogP contribution in [0.3, 0.4) is 0 Å². The van der Waals surface area contributed by atoms with E-state index in [9.17, 15) is 4.39 Å². The summed E-state index contributed by atoms with van der Waals surface area (Å²) in [6.45, 7) is 0.458. The number of rotatable bonds is 2. The van der Waals surface area contributed by atoms with Crippen molar-refractivity contribution in [2.24, 2.45) is 5.73 Å². The molecule has 0 fully saturated rings. The molecule has 20 heavy (non-hydrogen) atoms. The highest BCUT2D eigenvalue weighted by Gasteiger charge is 2.23. The van der Waals surface area contributed by atoms with Crippen molar-refractivity contribution >= 4 is 24.6 Å². The third kappa shape index (κ3) is 2.53. The molecule has 2 aromatic rings. The van der Waals surface area contributed by atoms with Crippen LogP contribution in [0.25, 0.3) is 0 Å². The number of aromatic amines is 1. The molecular weight excluding hydrogens is 297 g/mol. The lowest BCUT2D eigenvalue weighted by molar-refractivity contribution is 0.419. The zero-order chi connectivity index (χ0) is 13.4. The van der Waals surface area contributed by atoms with Crippen LogP contribution < -0.4 is 5.73 Å². The van der Waals surface area contributed by atoms with Gasteiger partial charge in [0.15, 0.2) is 4.77 Å². The minimum Gasteiger partial charge on any atom is -0.337 e. The van der Waals surface area contributed by atoms with Crippen molar-refractivity contribution in [3.63, 3.8) is 0 Å². The van der Waals surface area contributed by atoms with Gasteiger partial charge >= 0.3 is 0 Å². The maximum absolute atomic E-state index is 13.7. The largest absolute Gasteiger partial charge is 0.337 e. The molecule has 1 atom stereocenters. The molecule has 0 saturated carbocycles. The van der Waals surface area contributed by atoms with Crippen LogP contribution in [0.4, 0.5) is 4.39 Å². The molecular formula is C14H17ClFN3S. The molecule has 0 saturated heterocycles. The quantitative estimate of drug-likeness (QED) is 0.836. The Morgan fingerprint density at radius 1 is 1.45 bits per heavy atom. The normalized spacial score (nSPS) is 17.4. The van der Waals surface area contributed by atoms with Crippen LogP contribution in [0.15, 0.2) is 24.4 Å². The Balaban J connectivity index is 0.00000147. The van der Waals surface area contributed by atoms with E-state index in [1.165, 1.54) is 6.07 Å². The van der Waals surface area contributed by atoms with E-state index in [0.717, 1.165) is 36.1 Å². The minimum absolute atomic E-state index is 0. The van der Waals surface area contributed by atoms with Gasteiger partial charge in [-0.05, 0) is 48.7 Å². The van der Waals surface area contributed by atoms with Crippen LogP contribution >= 0.6 is 24.6 Å². The third-order valence-corrected chi connectivity index (χ3v) is 4.18. The molecule has 1 heterocycles. The highest BCUT2D eigenvalue weighted by molar-refractivity contribution is 7.71. The van der Waals surface area contributed by atoms with E-state index in [0.29, 0.717) is 11.3 Å². The van der Waals surface area contributed by atoms with Crippen LogP contribution in [0.5, 0.6) is 0 Å². The fraction of sp³-hybridized carbons (Fsp3) is 0.357. The van der Waals surface area contributed by atoms with Crippen molar-refractivity contribution in [1.82, 2.24) is 9.55 Å². The Bertz CT molecular complexity index is 665. The van der Waals surface area contributed by atoms with Gasteiger partial charge in [0, 0.05) is 18.8 Å². The van der Waals surface area contributed by atoms with E-state index in [1.54, 1.807) is 6.07 Å². The third-order valence-electron chi connectivity index (χ3n) is 3.86. The number of benzene rings is 1. The van der Waals surface area contributed by atoms with Crippen LogP contribution in [0.1, 0.15) is 29.3 Å². The Morgan fingerprint density at radius 3 is 3.00 bits per heavy atom. The van der Waals surface area contributed by atoms with Gasteiger partial charge in [0.2, 0.25) is 0 Å². The van der Waals surface area contributed by atoms with Crippen molar-refractivity contribution in [2.45, 2.75) is 31.8 Å². The number of nitrogens with zero attached hydrogens (tertiary/aromatic N) is 1. The average molecular weight is 314 g/mol. The van der Waals surface area contributed by atoms with Crippen LogP contribution in [0.2, 0.25) is 0 Å². The predicted molar refractivity (Wildman–Crippen MR) is 82.2 cm³/mol. The number of aromatic nitrogens is 2. The summed E-state index contributed by atoms with van der Waals surface area (Å²) in [5.74, 6) is -0.0901. The number of nitrogens with two attached hydrogens (primary N) is 1. The summed E-state index contributed by atoms with van der Waals surface area (Å²) in [6, 6.07) is 5.58. The van der Waals surface area contributed by atoms with Gasteiger partial charge in [-0.2, -0.15) is 0 Å². The summed E-state index contributed by atoms with van der Waals surface area (Å²) in [5, 5.41) is 0. The number of H-pyrrole nitrogens is 1. The van der Waals surface area contributed by atoms with Crippen molar-refractivity contribution in [3.05, 3.63) is 51.8 Å². The SMILES string of the molecule is Cl.NCc1c[nH]c(=S)n1[C@H]1CCc2c(F)cccc2C1. The molecule has 108 valence electrons. The summed E-state index contributed by atoms with van der Waals surface area (Å²) >= 11 is 5.32. The van der Waals surface area contributed by atoms with Crippen molar-refractivity contribution in [2.75, 3.05) is 0 Å². The molecule has 3 N–H and O–H groups in total. The van der Waals surface area contributed by atoms with Gasteiger partial charge in [-0.3, -0.25) is 0 Å². The molecule has 0 spiro atoms. The first kappa shape index (κ1) is 15.2. The smallest absolute Gasteiger partial charge is 0.177 e. The lowest BCUT2D eigenvalue weighted by Gasteiger charge is -2.27. The highest BCUT2D eigenvalue weighted by Crippen LogP contribution is 2.31. The van der Waals surface area contributed by atoms with Gasteiger partial charge in [0.05, 0.1) is 5.69 Å². The Labute approximate surface area is 128 Å². The number of halogens is 2. The zero-order valence-electron chi connectivity index (χ0n) is 10.9. The lowest BCUT2D eigenvalue weighted by Crippen LogP contribution is -2.22. The Hall–Kier alpha value is -1.17. The summed E-state index contributed by atoms with van der Waals surface area (Å²) < 4.78 is 16.5. The van der Waals surface area contributed by atoms with E-state index in [1.807, 2.05) is 12.3 Å². The number of imidazole rings is 1. The molecule has 0 radical (unpaired) electrons. The predicted octanol–water partition coefficient (Wildman–Crippen LogP) is 3.30.